The Labute approximate surface area is 298 Å². The van der Waals surface area contributed by atoms with Crippen molar-refractivity contribution in [2.24, 2.45) is 14.1 Å². The molecule has 250 valence electrons. The van der Waals surface area contributed by atoms with Crippen LogP contribution in [0.15, 0.2) is 134 Å². The van der Waals surface area contributed by atoms with Gasteiger partial charge in [0.1, 0.15) is 29.5 Å². The van der Waals surface area contributed by atoms with Crippen molar-refractivity contribution in [2.45, 2.75) is 0 Å². The van der Waals surface area contributed by atoms with Gasteiger partial charge in [0.05, 0.1) is 44.6 Å². The number of aromatic hydroxyl groups is 2. The predicted molar refractivity (Wildman–Crippen MR) is 202 cm³/mol. The Morgan fingerprint density at radius 2 is 0.885 bits per heavy atom. The summed E-state index contributed by atoms with van der Waals surface area (Å²) in [6, 6.07) is 32.6. The first kappa shape index (κ1) is 30.8. The Morgan fingerprint density at radius 3 is 1.35 bits per heavy atom. The van der Waals surface area contributed by atoms with Crippen LogP contribution in [-0.2, 0) is 14.1 Å². The van der Waals surface area contributed by atoms with E-state index in [9.17, 15) is 10.2 Å². The van der Waals surface area contributed by atoms with Crippen LogP contribution in [0.5, 0.6) is 11.5 Å². The lowest BCUT2D eigenvalue weighted by molar-refractivity contribution is 0.476. The van der Waals surface area contributed by atoms with Gasteiger partial charge in [0.15, 0.2) is 0 Å². The molecular weight excluding hydrogens is 649 g/mol. The smallest absolute Gasteiger partial charge is 0.144 e. The summed E-state index contributed by atoms with van der Waals surface area (Å²) in [4.78, 5) is 28.4. The fraction of sp³-hybridized carbons (Fsp3) is 0.0476. The Kier molecular flexibility index (Phi) is 7.29. The Balaban J connectivity index is 1.08. The van der Waals surface area contributed by atoms with E-state index in [0.29, 0.717) is 34.2 Å². The van der Waals surface area contributed by atoms with Crippen molar-refractivity contribution >= 4 is 22.1 Å². The number of hydrogen-bond acceptors (Lipinski definition) is 8. The van der Waals surface area contributed by atoms with Crippen LogP contribution < -0.4 is 0 Å². The molecule has 10 heteroatoms. The first-order valence-electron chi connectivity index (χ1n) is 16.7. The molecule has 0 saturated carbocycles. The second-order valence-corrected chi connectivity index (χ2v) is 12.6. The molecule has 10 nitrogen and oxygen atoms in total. The lowest BCUT2D eigenvalue weighted by Gasteiger charge is -2.08. The summed E-state index contributed by atoms with van der Waals surface area (Å²) in [5.41, 5.74) is 11.5. The van der Waals surface area contributed by atoms with Gasteiger partial charge in [-0.2, -0.15) is 0 Å². The van der Waals surface area contributed by atoms with Crippen molar-refractivity contribution in [1.29, 1.82) is 0 Å². The van der Waals surface area contributed by atoms with Gasteiger partial charge in [0.2, 0.25) is 0 Å². The summed E-state index contributed by atoms with van der Waals surface area (Å²) >= 11 is 0. The van der Waals surface area contributed by atoms with Gasteiger partial charge in [-0.05, 0) is 54.6 Å². The van der Waals surface area contributed by atoms with E-state index in [1.165, 1.54) is 0 Å². The lowest BCUT2D eigenvalue weighted by Crippen LogP contribution is -1.93. The minimum atomic E-state index is 0.179. The molecule has 5 heterocycles. The summed E-state index contributed by atoms with van der Waals surface area (Å²) in [6.45, 7) is 0. The monoisotopic (exact) mass is 678 g/mol. The van der Waals surface area contributed by atoms with Gasteiger partial charge >= 0.3 is 0 Å². The van der Waals surface area contributed by atoms with E-state index in [-0.39, 0.29) is 11.5 Å². The highest BCUT2D eigenvalue weighted by Gasteiger charge is 2.19. The highest BCUT2D eigenvalue weighted by molar-refractivity contribution is 5.96. The van der Waals surface area contributed by atoms with Crippen molar-refractivity contribution in [3.63, 3.8) is 0 Å². The van der Waals surface area contributed by atoms with Crippen molar-refractivity contribution < 1.29 is 10.2 Å². The number of rotatable bonds is 6. The van der Waals surface area contributed by atoms with Gasteiger partial charge in [-0.25, -0.2) is 19.9 Å². The SMILES string of the molecule is Cn1c(-c2ccccc2O)nc2c(-c3cncc(-c4cc(-c5cncc(-c6cccc7c6nc(-c6ccccc6O)n7C)c5)ncn4)c3)cccc21. The molecule has 9 aromatic rings. The lowest BCUT2D eigenvalue weighted by atomic mass is 10.0. The molecule has 5 aromatic heterocycles. The zero-order valence-corrected chi connectivity index (χ0v) is 28.2. The number of aryl methyl sites for hydroxylation is 2. The number of nitrogens with zero attached hydrogens (tertiary/aromatic N) is 8. The molecule has 2 N–H and O–H groups in total. The number of para-hydroxylation sites is 4. The Hall–Kier alpha value is -7.20. The average molecular weight is 679 g/mol. The Morgan fingerprint density at radius 1 is 0.462 bits per heavy atom. The highest BCUT2D eigenvalue weighted by atomic mass is 16.3. The van der Waals surface area contributed by atoms with Gasteiger partial charge in [-0.1, -0.05) is 48.5 Å². The van der Waals surface area contributed by atoms with Crippen molar-refractivity contribution in [3.8, 4) is 79.0 Å². The first-order chi connectivity index (χ1) is 25.4. The Bertz CT molecular complexity index is 2630. The molecule has 0 aliphatic carbocycles. The fourth-order valence-electron chi connectivity index (χ4n) is 6.83. The number of phenolic OH excluding ortho intramolecular Hbond substituents is 2. The summed E-state index contributed by atoms with van der Waals surface area (Å²) in [5, 5.41) is 21.1. The van der Waals surface area contributed by atoms with Gasteiger partial charge in [-0.3, -0.25) is 9.97 Å². The molecule has 0 spiro atoms. The number of phenols is 2. The molecule has 0 atom stereocenters. The molecule has 0 saturated heterocycles. The maximum atomic E-state index is 10.6. The van der Waals surface area contributed by atoms with Gasteiger partial charge in [0, 0.05) is 72.3 Å². The molecule has 0 aliphatic rings. The fourth-order valence-corrected chi connectivity index (χ4v) is 6.83. The summed E-state index contributed by atoms with van der Waals surface area (Å²) in [6.07, 6.45) is 8.79. The van der Waals surface area contributed by atoms with Crippen LogP contribution in [0.4, 0.5) is 0 Å². The highest BCUT2D eigenvalue weighted by Crippen LogP contribution is 2.37. The molecule has 0 radical (unpaired) electrons. The van der Waals surface area contributed by atoms with Crippen LogP contribution in [0.25, 0.3) is 89.6 Å². The van der Waals surface area contributed by atoms with Crippen LogP contribution in [-0.4, -0.2) is 49.3 Å². The summed E-state index contributed by atoms with van der Waals surface area (Å²) in [5.74, 6) is 1.71. The topological polar surface area (TPSA) is 128 Å². The van der Waals surface area contributed by atoms with Crippen LogP contribution in [0.2, 0.25) is 0 Å². The van der Waals surface area contributed by atoms with E-state index in [1.807, 2.05) is 102 Å². The van der Waals surface area contributed by atoms with Crippen LogP contribution in [0, 0.1) is 0 Å². The van der Waals surface area contributed by atoms with E-state index in [2.05, 4.69) is 32.1 Å². The molecule has 52 heavy (non-hydrogen) atoms. The number of imidazole rings is 2. The van der Waals surface area contributed by atoms with E-state index in [1.54, 1.807) is 43.0 Å². The number of aromatic nitrogens is 8. The maximum Gasteiger partial charge on any atom is 0.144 e. The largest absolute Gasteiger partial charge is 0.507 e. The maximum absolute atomic E-state index is 10.6. The molecule has 0 aliphatic heterocycles. The molecule has 0 fully saturated rings. The first-order valence-corrected chi connectivity index (χ1v) is 16.7. The molecule has 4 aromatic carbocycles. The third kappa shape index (κ3) is 5.12. The van der Waals surface area contributed by atoms with Crippen molar-refractivity contribution in [1.82, 2.24) is 39.0 Å². The van der Waals surface area contributed by atoms with Crippen molar-refractivity contribution in [3.05, 3.63) is 134 Å². The van der Waals surface area contributed by atoms with Gasteiger partial charge < -0.3 is 19.3 Å². The average Bonchev–Trinajstić information content (AvgIpc) is 3.71. The second kappa shape index (κ2) is 12.3. The van der Waals surface area contributed by atoms with Crippen LogP contribution in [0.3, 0.4) is 0 Å². The van der Waals surface area contributed by atoms with E-state index in [4.69, 9.17) is 9.97 Å². The number of fused-ring (bicyclic) bond motifs is 2. The van der Waals surface area contributed by atoms with Gasteiger partial charge in [0.25, 0.3) is 0 Å². The minimum Gasteiger partial charge on any atom is -0.507 e. The third-order valence-corrected chi connectivity index (χ3v) is 9.47. The summed E-state index contributed by atoms with van der Waals surface area (Å²) < 4.78 is 3.98. The zero-order chi connectivity index (χ0) is 35.3. The molecular formula is C42H30N8O2. The second-order valence-electron chi connectivity index (χ2n) is 12.6. The molecule has 0 amide bonds. The molecule has 0 unspecified atom stereocenters. The summed E-state index contributed by atoms with van der Waals surface area (Å²) in [7, 11) is 3.90. The van der Waals surface area contributed by atoms with Gasteiger partial charge in [-0.15, -0.1) is 0 Å². The third-order valence-electron chi connectivity index (χ3n) is 9.47. The minimum absolute atomic E-state index is 0.179. The van der Waals surface area contributed by atoms with E-state index in [0.717, 1.165) is 55.4 Å². The number of hydrogen-bond donors (Lipinski definition) is 2. The number of pyridine rings is 2. The predicted octanol–water partition coefficient (Wildman–Crippen LogP) is 8.45. The van der Waals surface area contributed by atoms with E-state index < -0.39 is 0 Å². The van der Waals surface area contributed by atoms with Crippen LogP contribution in [0.1, 0.15) is 0 Å². The number of benzene rings is 4. The molecule has 9 rings (SSSR count). The van der Waals surface area contributed by atoms with Crippen LogP contribution >= 0.6 is 0 Å². The zero-order valence-electron chi connectivity index (χ0n) is 28.2. The normalized spacial score (nSPS) is 11.4. The van der Waals surface area contributed by atoms with E-state index >= 15 is 0 Å². The molecule has 0 bridgehead atoms. The standard InChI is InChI=1S/C42H30N8O2/c1-49-35-13-7-11-29(39(35)47-41(49)31-9-3-5-15-37(31)51)25-17-27(22-43-20-25)33-19-34(46-24-45-33)28-18-26(21-44-23-28)30-12-8-14-36-40(30)48-42(50(36)2)32-10-4-6-16-38(32)52/h3-24,51-52H,1-2H3. The van der Waals surface area contributed by atoms with Crippen molar-refractivity contribution in [2.75, 3.05) is 0 Å². The quantitative estimate of drug-likeness (QED) is 0.179.